The Hall–Kier alpha value is -0.840. The molecular formula is C14H19Cl2FN2O. The Labute approximate surface area is 129 Å². The van der Waals surface area contributed by atoms with Gasteiger partial charge in [0.1, 0.15) is 5.82 Å². The molecule has 0 aromatic heterocycles. The third-order valence-electron chi connectivity index (χ3n) is 3.56. The fourth-order valence-corrected chi connectivity index (χ4v) is 2.62. The molecule has 0 unspecified atom stereocenters. The van der Waals surface area contributed by atoms with Crippen molar-refractivity contribution in [2.75, 3.05) is 26.7 Å². The van der Waals surface area contributed by atoms with Crippen LogP contribution in [0.15, 0.2) is 18.2 Å². The van der Waals surface area contributed by atoms with E-state index in [2.05, 4.69) is 5.32 Å². The molecule has 0 aliphatic carbocycles. The number of carbonyl (C=O) groups is 1. The molecule has 1 saturated heterocycles. The summed E-state index contributed by atoms with van der Waals surface area (Å²) < 4.78 is 13.7. The van der Waals surface area contributed by atoms with Crippen molar-refractivity contribution in [2.45, 2.75) is 12.8 Å². The molecule has 0 bridgehead atoms. The van der Waals surface area contributed by atoms with Crippen molar-refractivity contribution >= 4 is 29.9 Å². The van der Waals surface area contributed by atoms with Gasteiger partial charge in [-0.3, -0.25) is 4.79 Å². The van der Waals surface area contributed by atoms with Crippen molar-refractivity contribution < 1.29 is 9.18 Å². The Kier molecular flexibility index (Phi) is 6.72. The van der Waals surface area contributed by atoms with Crippen LogP contribution in [0, 0.1) is 11.7 Å². The molecule has 20 heavy (non-hydrogen) atoms. The standard InChI is InChI=1S/C14H18ClFN2O.ClH/c1-17-9-10-4-6-18(7-5-10)14(19)12-3-2-11(15)8-13(12)16;/h2-3,8,10,17H,4-7,9H2,1H3;1H. The van der Waals surface area contributed by atoms with Crippen LogP contribution in [0.4, 0.5) is 4.39 Å². The maximum atomic E-state index is 13.7. The Morgan fingerprint density at radius 2 is 2.10 bits per heavy atom. The minimum absolute atomic E-state index is 0. The van der Waals surface area contributed by atoms with Gasteiger partial charge in [-0.2, -0.15) is 0 Å². The summed E-state index contributed by atoms with van der Waals surface area (Å²) >= 11 is 5.69. The van der Waals surface area contributed by atoms with E-state index in [1.165, 1.54) is 12.1 Å². The van der Waals surface area contributed by atoms with E-state index >= 15 is 0 Å². The molecule has 1 heterocycles. The van der Waals surface area contributed by atoms with Crippen LogP contribution >= 0.6 is 24.0 Å². The van der Waals surface area contributed by atoms with Gasteiger partial charge in [0.25, 0.3) is 5.91 Å². The molecule has 3 nitrogen and oxygen atoms in total. The van der Waals surface area contributed by atoms with Crippen molar-refractivity contribution in [3.05, 3.63) is 34.6 Å². The van der Waals surface area contributed by atoms with E-state index in [0.29, 0.717) is 24.0 Å². The van der Waals surface area contributed by atoms with Gasteiger partial charge in [-0.1, -0.05) is 11.6 Å². The van der Waals surface area contributed by atoms with Gasteiger partial charge in [0, 0.05) is 18.1 Å². The molecule has 1 fully saturated rings. The minimum Gasteiger partial charge on any atom is -0.339 e. The number of nitrogens with one attached hydrogen (secondary N) is 1. The van der Waals surface area contributed by atoms with Crippen molar-refractivity contribution in [3.63, 3.8) is 0 Å². The van der Waals surface area contributed by atoms with E-state index in [9.17, 15) is 9.18 Å². The molecule has 0 spiro atoms. The molecule has 0 radical (unpaired) electrons. The van der Waals surface area contributed by atoms with Crippen LogP contribution in [0.25, 0.3) is 0 Å². The highest BCUT2D eigenvalue weighted by molar-refractivity contribution is 6.30. The number of rotatable bonds is 3. The first-order valence-corrected chi connectivity index (χ1v) is 6.88. The predicted molar refractivity (Wildman–Crippen MR) is 81.2 cm³/mol. The first kappa shape index (κ1) is 17.2. The number of benzene rings is 1. The number of carbonyl (C=O) groups excluding carboxylic acids is 1. The molecule has 1 aromatic carbocycles. The quantitative estimate of drug-likeness (QED) is 0.928. The molecule has 0 saturated carbocycles. The topological polar surface area (TPSA) is 32.3 Å². The molecule has 6 heteroatoms. The number of hydrogen-bond acceptors (Lipinski definition) is 2. The highest BCUT2D eigenvalue weighted by Crippen LogP contribution is 2.21. The normalized spacial score (nSPS) is 15.8. The predicted octanol–water partition coefficient (Wildman–Crippen LogP) is 2.97. The number of likely N-dealkylation sites (tertiary alicyclic amines) is 1. The zero-order valence-corrected chi connectivity index (χ0v) is 12.9. The van der Waals surface area contributed by atoms with Gasteiger partial charge in [-0.25, -0.2) is 4.39 Å². The first-order valence-electron chi connectivity index (χ1n) is 6.50. The summed E-state index contributed by atoms with van der Waals surface area (Å²) in [6.07, 6.45) is 1.92. The van der Waals surface area contributed by atoms with Gasteiger partial charge in [0.15, 0.2) is 0 Å². The van der Waals surface area contributed by atoms with Crippen LogP contribution in [0.1, 0.15) is 23.2 Å². The smallest absolute Gasteiger partial charge is 0.256 e. The Balaban J connectivity index is 0.00000200. The summed E-state index contributed by atoms with van der Waals surface area (Å²) in [6, 6.07) is 4.19. The van der Waals surface area contributed by atoms with Crippen LogP contribution in [-0.2, 0) is 0 Å². The van der Waals surface area contributed by atoms with E-state index in [0.717, 1.165) is 19.4 Å². The third-order valence-corrected chi connectivity index (χ3v) is 3.79. The molecule has 112 valence electrons. The number of amides is 1. The summed E-state index contributed by atoms with van der Waals surface area (Å²) in [4.78, 5) is 13.9. The lowest BCUT2D eigenvalue weighted by atomic mass is 9.96. The lowest BCUT2D eigenvalue weighted by Gasteiger charge is -2.32. The summed E-state index contributed by atoms with van der Waals surface area (Å²) in [5, 5.41) is 3.46. The van der Waals surface area contributed by atoms with Gasteiger partial charge in [-0.05, 0) is 50.6 Å². The van der Waals surface area contributed by atoms with Crippen LogP contribution < -0.4 is 5.32 Å². The van der Waals surface area contributed by atoms with Crippen molar-refractivity contribution in [1.29, 1.82) is 0 Å². The maximum Gasteiger partial charge on any atom is 0.256 e. The van der Waals surface area contributed by atoms with E-state index in [1.807, 2.05) is 7.05 Å². The number of nitrogens with zero attached hydrogens (tertiary/aromatic N) is 1. The lowest BCUT2D eigenvalue weighted by Crippen LogP contribution is -2.40. The van der Waals surface area contributed by atoms with Crippen LogP contribution in [0.3, 0.4) is 0 Å². The highest BCUT2D eigenvalue weighted by atomic mass is 35.5. The van der Waals surface area contributed by atoms with Crippen LogP contribution in [-0.4, -0.2) is 37.5 Å². The minimum atomic E-state index is -0.546. The second kappa shape index (κ2) is 7.81. The molecule has 1 N–H and O–H groups in total. The average Bonchev–Trinajstić information content (AvgIpc) is 2.39. The number of hydrogen-bond donors (Lipinski definition) is 1. The van der Waals surface area contributed by atoms with Gasteiger partial charge < -0.3 is 10.2 Å². The van der Waals surface area contributed by atoms with Crippen LogP contribution in [0.2, 0.25) is 5.02 Å². The van der Waals surface area contributed by atoms with Gasteiger partial charge in [-0.15, -0.1) is 12.4 Å². The van der Waals surface area contributed by atoms with E-state index in [4.69, 9.17) is 11.6 Å². The van der Waals surface area contributed by atoms with Gasteiger partial charge >= 0.3 is 0 Å². The Bertz CT molecular complexity index is 462. The van der Waals surface area contributed by atoms with Crippen molar-refractivity contribution in [1.82, 2.24) is 10.2 Å². The Morgan fingerprint density at radius 1 is 1.45 bits per heavy atom. The zero-order chi connectivity index (χ0) is 13.8. The molecule has 2 rings (SSSR count). The van der Waals surface area contributed by atoms with Crippen molar-refractivity contribution in [2.24, 2.45) is 5.92 Å². The average molecular weight is 321 g/mol. The molecule has 1 aliphatic heterocycles. The van der Waals surface area contributed by atoms with E-state index in [1.54, 1.807) is 11.0 Å². The summed E-state index contributed by atoms with van der Waals surface area (Å²) in [7, 11) is 1.93. The fraction of sp³-hybridized carbons (Fsp3) is 0.500. The van der Waals surface area contributed by atoms with E-state index in [-0.39, 0.29) is 23.9 Å². The van der Waals surface area contributed by atoms with Gasteiger partial charge in [0.05, 0.1) is 5.56 Å². The third kappa shape index (κ3) is 4.08. The highest BCUT2D eigenvalue weighted by Gasteiger charge is 2.24. The van der Waals surface area contributed by atoms with Gasteiger partial charge in [0.2, 0.25) is 0 Å². The second-order valence-corrected chi connectivity index (χ2v) is 5.35. The van der Waals surface area contributed by atoms with E-state index < -0.39 is 5.82 Å². The number of piperidine rings is 1. The SMILES string of the molecule is CNCC1CCN(C(=O)c2ccc(Cl)cc2F)CC1.Cl. The van der Waals surface area contributed by atoms with Crippen LogP contribution in [0.5, 0.6) is 0 Å². The zero-order valence-electron chi connectivity index (χ0n) is 11.4. The molecule has 1 aromatic rings. The second-order valence-electron chi connectivity index (χ2n) is 4.92. The summed E-state index contributed by atoms with van der Waals surface area (Å²) in [5.74, 6) is -0.184. The number of halogens is 3. The summed E-state index contributed by atoms with van der Waals surface area (Å²) in [5.41, 5.74) is 0.108. The Morgan fingerprint density at radius 3 is 2.65 bits per heavy atom. The summed E-state index contributed by atoms with van der Waals surface area (Å²) in [6.45, 7) is 2.35. The van der Waals surface area contributed by atoms with Crippen molar-refractivity contribution in [3.8, 4) is 0 Å². The molecule has 1 amide bonds. The molecule has 1 aliphatic rings. The molecule has 0 atom stereocenters. The lowest BCUT2D eigenvalue weighted by molar-refractivity contribution is 0.0686. The fourth-order valence-electron chi connectivity index (χ4n) is 2.46. The largest absolute Gasteiger partial charge is 0.339 e. The maximum absolute atomic E-state index is 13.7. The monoisotopic (exact) mass is 320 g/mol. The molecular weight excluding hydrogens is 302 g/mol. The first-order chi connectivity index (χ1) is 9.11.